The number of nitrogens with one attached hydrogen (secondary N) is 1. The molecular formula is C22H24N2O4S. The molecule has 0 aliphatic heterocycles. The Morgan fingerprint density at radius 1 is 1.31 bits per heavy atom. The third kappa shape index (κ3) is 5.77. The molecule has 1 heterocycles. The van der Waals surface area contributed by atoms with Crippen molar-refractivity contribution < 1.29 is 19.1 Å². The molecule has 0 fully saturated rings. The molecule has 1 amide bonds. The van der Waals surface area contributed by atoms with Gasteiger partial charge in [0.15, 0.2) is 0 Å². The van der Waals surface area contributed by atoms with Gasteiger partial charge in [-0.05, 0) is 23.5 Å². The Hall–Kier alpha value is -2.93. The predicted octanol–water partition coefficient (Wildman–Crippen LogP) is 4.13. The molecule has 0 radical (unpaired) electrons. The van der Waals surface area contributed by atoms with Gasteiger partial charge in [-0.3, -0.25) is 0 Å². The summed E-state index contributed by atoms with van der Waals surface area (Å²) in [6.45, 7) is 2.29. The van der Waals surface area contributed by atoms with Gasteiger partial charge in [-0.2, -0.15) is 0 Å². The highest BCUT2D eigenvalue weighted by atomic mass is 32.1. The number of alkyl carbamates (subject to hydrolysis) is 1. The zero-order valence-corrected chi connectivity index (χ0v) is 17.3. The van der Waals surface area contributed by atoms with Crippen LogP contribution >= 0.6 is 11.3 Å². The summed E-state index contributed by atoms with van der Waals surface area (Å²) in [6.07, 6.45) is 6.81. The Kier molecular flexibility index (Phi) is 7.19. The molecular weight excluding hydrogens is 388 g/mol. The largest absolute Gasteiger partial charge is 0.467 e. The van der Waals surface area contributed by atoms with Crippen LogP contribution in [0.1, 0.15) is 29.6 Å². The number of thiazole rings is 1. The number of nitrogens with zero attached hydrogens (tertiary/aromatic N) is 1. The maximum absolute atomic E-state index is 12.2. The van der Waals surface area contributed by atoms with Crippen LogP contribution in [-0.4, -0.2) is 30.2 Å². The van der Waals surface area contributed by atoms with E-state index >= 15 is 0 Å². The van der Waals surface area contributed by atoms with Gasteiger partial charge in [0.1, 0.15) is 17.7 Å². The normalized spacial score (nSPS) is 16.6. The van der Waals surface area contributed by atoms with E-state index in [1.165, 1.54) is 24.0 Å². The number of allylic oxidation sites excluding steroid dienone is 4. The predicted molar refractivity (Wildman–Crippen MR) is 112 cm³/mol. The molecule has 0 saturated carbocycles. The highest BCUT2D eigenvalue weighted by Gasteiger charge is 2.25. The highest BCUT2D eigenvalue weighted by molar-refractivity contribution is 7.10. The molecule has 152 valence electrons. The summed E-state index contributed by atoms with van der Waals surface area (Å²) in [4.78, 5) is 29.0. The highest BCUT2D eigenvalue weighted by Crippen LogP contribution is 2.31. The molecule has 0 bridgehead atoms. The second kappa shape index (κ2) is 10.0. The van der Waals surface area contributed by atoms with Gasteiger partial charge in [-0.15, -0.1) is 11.3 Å². The van der Waals surface area contributed by atoms with Gasteiger partial charge in [-0.1, -0.05) is 55.5 Å². The molecule has 1 aliphatic rings. The van der Waals surface area contributed by atoms with E-state index in [-0.39, 0.29) is 13.0 Å². The van der Waals surface area contributed by atoms with Crippen LogP contribution in [0.5, 0.6) is 0 Å². The summed E-state index contributed by atoms with van der Waals surface area (Å²) in [5.74, 6) is -0.133. The SMILES string of the molecule is COC(=O)[C@H](Cc1csc(C2=CC=CCC2C)n1)NC(=O)OCc1ccccc1. The fourth-order valence-corrected chi connectivity index (χ4v) is 3.98. The van der Waals surface area contributed by atoms with Crippen molar-refractivity contribution >= 4 is 29.0 Å². The summed E-state index contributed by atoms with van der Waals surface area (Å²) in [5, 5.41) is 5.44. The smallest absolute Gasteiger partial charge is 0.408 e. The molecule has 0 spiro atoms. The molecule has 6 nitrogen and oxygen atoms in total. The quantitative estimate of drug-likeness (QED) is 0.692. The number of hydrogen-bond donors (Lipinski definition) is 1. The number of benzene rings is 1. The van der Waals surface area contributed by atoms with Crippen molar-refractivity contribution in [3.8, 4) is 0 Å². The summed E-state index contributed by atoms with van der Waals surface area (Å²) in [7, 11) is 1.29. The van der Waals surface area contributed by atoms with E-state index in [4.69, 9.17) is 9.47 Å². The van der Waals surface area contributed by atoms with Gasteiger partial charge in [0.25, 0.3) is 0 Å². The summed E-state index contributed by atoms with van der Waals surface area (Å²) < 4.78 is 10.0. The first-order chi connectivity index (χ1) is 14.1. The second-order valence-corrected chi connectivity index (χ2v) is 7.67. The Balaban J connectivity index is 1.62. The number of methoxy groups -OCH3 is 1. The number of carbonyl (C=O) groups is 2. The number of aromatic nitrogens is 1. The molecule has 1 aliphatic carbocycles. The van der Waals surface area contributed by atoms with Crippen molar-refractivity contribution in [1.82, 2.24) is 10.3 Å². The monoisotopic (exact) mass is 412 g/mol. The van der Waals surface area contributed by atoms with Gasteiger partial charge in [-0.25, -0.2) is 14.6 Å². The van der Waals surface area contributed by atoms with Gasteiger partial charge in [0.2, 0.25) is 0 Å². The van der Waals surface area contributed by atoms with Crippen LogP contribution in [0, 0.1) is 5.92 Å². The Morgan fingerprint density at radius 3 is 2.83 bits per heavy atom. The van der Waals surface area contributed by atoms with E-state index in [1.54, 1.807) is 0 Å². The molecule has 1 aromatic heterocycles. The average molecular weight is 413 g/mol. The van der Waals surface area contributed by atoms with Crippen molar-refractivity contribution in [2.24, 2.45) is 5.92 Å². The lowest BCUT2D eigenvalue weighted by molar-refractivity contribution is -0.143. The number of rotatable bonds is 7. The van der Waals surface area contributed by atoms with Crippen LogP contribution in [0.25, 0.3) is 5.57 Å². The van der Waals surface area contributed by atoms with E-state index in [1.807, 2.05) is 41.8 Å². The Bertz CT molecular complexity index is 905. The lowest BCUT2D eigenvalue weighted by Crippen LogP contribution is -2.43. The average Bonchev–Trinajstić information content (AvgIpc) is 3.20. The number of carbonyl (C=O) groups excluding carboxylic acids is 2. The van der Waals surface area contributed by atoms with Crippen molar-refractivity contribution in [2.45, 2.75) is 32.4 Å². The maximum atomic E-state index is 12.2. The van der Waals surface area contributed by atoms with Crippen LogP contribution in [0.4, 0.5) is 4.79 Å². The van der Waals surface area contributed by atoms with E-state index in [0.29, 0.717) is 5.92 Å². The maximum Gasteiger partial charge on any atom is 0.408 e. The third-order valence-electron chi connectivity index (χ3n) is 4.63. The molecule has 29 heavy (non-hydrogen) atoms. The van der Waals surface area contributed by atoms with Crippen molar-refractivity contribution in [1.29, 1.82) is 0 Å². The lowest BCUT2D eigenvalue weighted by atomic mass is 9.94. The van der Waals surface area contributed by atoms with Crippen LogP contribution < -0.4 is 5.32 Å². The lowest BCUT2D eigenvalue weighted by Gasteiger charge is -2.16. The summed E-state index contributed by atoms with van der Waals surface area (Å²) in [6, 6.07) is 8.48. The van der Waals surface area contributed by atoms with E-state index in [0.717, 1.165) is 22.7 Å². The minimum absolute atomic E-state index is 0.126. The van der Waals surface area contributed by atoms with Crippen molar-refractivity contribution in [3.05, 3.63) is 70.2 Å². The molecule has 0 saturated heterocycles. The number of hydrogen-bond acceptors (Lipinski definition) is 6. The van der Waals surface area contributed by atoms with Crippen molar-refractivity contribution in [3.63, 3.8) is 0 Å². The van der Waals surface area contributed by atoms with Gasteiger partial charge in [0.05, 0.1) is 12.8 Å². The molecule has 2 atom stereocenters. The fraction of sp³-hybridized carbons (Fsp3) is 0.318. The first kappa shape index (κ1) is 20.8. The van der Waals surface area contributed by atoms with Gasteiger partial charge >= 0.3 is 12.1 Å². The standard InChI is InChI=1S/C22H24N2O4S/c1-15-8-6-7-11-18(15)20-23-17(14-29-20)12-19(21(25)27-2)24-22(26)28-13-16-9-4-3-5-10-16/h3-7,9-11,14-15,19H,8,12-13H2,1-2H3,(H,24,26)/t15?,19-/m0/s1. The zero-order valence-electron chi connectivity index (χ0n) is 16.5. The first-order valence-corrected chi connectivity index (χ1v) is 10.3. The van der Waals surface area contributed by atoms with E-state index in [2.05, 4.69) is 29.4 Å². The molecule has 3 rings (SSSR count). The Morgan fingerprint density at radius 2 is 2.10 bits per heavy atom. The van der Waals surface area contributed by atoms with E-state index in [9.17, 15) is 9.59 Å². The zero-order chi connectivity index (χ0) is 20.6. The minimum atomic E-state index is -0.865. The summed E-state index contributed by atoms with van der Waals surface area (Å²) in [5.41, 5.74) is 2.78. The molecule has 1 aromatic carbocycles. The molecule has 1 N–H and O–H groups in total. The Labute approximate surface area is 174 Å². The topological polar surface area (TPSA) is 77.5 Å². The van der Waals surface area contributed by atoms with Crippen LogP contribution in [0.15, 0.2) is 53.9 Å². The second-order valence-electron chi connectivity index (χ2n) is 6.82. The molecule has 2 aromatic rings. The minimum Gasteiger partial charge on any atom is -0.467 e. The number of ether oxygens (including phenoxy) is 2. The number of esters is 1. The third-order valence-corrected chi connectivity index (χ3v) is 5.58. The van der Waals surface area contributed by atoms with Crippen LogP contribution in [0.2, 0.25) is 0 Å². The number of amides is 1. The molecule has 7 heteroatoms. The van der Waals surface area contributed by atoms with Gasteiger partial charge in [0, 0.05) is 11.8 Å². The van der Waals surface area contributed by atoms with Gasteiger partial charge < -0.3 is 14.8 Å². The molecule has 1 unspecified atom stereocenters. The van der Waals surface area contributed by atoms with Crippen LogP contribution in [0.3, 0.4) is 0 Å². The van der Waals surface area contributed by atoms with Crippen LogP contribution in [-0.2, 0) is 27.3 Å². The van der Waals surface area contributed by atoms with Crippen molar-refractivity contribution in [2.75, 3.05) is 7.11 Å². The fourth-order valence-electron chi connectivity index (χ4n) is 3.01. The summed E-state index contributed by atoms with van der Waals surface area (Å²) >= 11 is 1.54. The van der Waals surface area contributed by atoms with E-state index < -0.39 is 18.1 Å². The first-order valence-electron chi connectivity index (χ1n) is 9.43.